The molecule has 0 atom stereocenters. The van der Waals surface area contributed by atoms with E-state index in [4.69, 9.17) is 9.15 Å². The zero-order valence-electron chi connectivity index (χ0n) is 12.1. The zero-order chi connectivity index (χ0) is 14.8. The van der Waals surface area contributed by atoms with Crippen molar-refractivity contribution in [1.29, 1.82) is 0 Å². The molecule has 3 heteroatoms. The molecule has 106 valence electrons. The van der Waals surface area contributed by atoms with Crippen LogP contribution in [-0.4, -0.2) is 7.11 Å². The van der Waals surface area contributed by atoms with Gasteiger partial charge in [-0.2, -0.15) is 0 Å². The molecule has 21 heavy (non-hydrogen) atoms. The van der Waals surface area contributed by atoms with E-state index in [1.165, 1.54) is 0 Å². The number of hydrogen-bond donors (Lipinski definition) is 0. The minimum Gasteiger partial charge on any atom is -0.496 e. The molecule has 0 aliphatic rings. The lowest BCUT2D eigenvalue weighted by molar-refractivity contribution is 0.418. The summed E-state index contributed by atoms with van der Waals surface area (Å²) in [5.74, 6) is 0.725. The largest absolute Gasteiger partial charge is 0.496 e. The third-order valence-electron chi connectivity index (χ3n) is 3.49. The predicted octanol–water partition coefficient (Wildman–Crippen LogP) is 3.70. The lowest BCUT2D eigenvalue weighted by Gasteiger charge is -2.08. The number of aryl methyl sites for hydroxylation is 1. The summed E-state index contributed by atoms with van der Waals surface area (Å²) in [5.41, 5.74) is 2.98. The number of rotatable bonds is 3. The number of methoxy groups -OCH3 is 1. The second-order valence-corrected chi connectivity index (χ2v) is 5.10. The first-order chi connectivity index (χ1) is 10.2. The molecule has 3 aromatic rings. The maximum atomic E-state index is 12.1. The van der Waals surface area contributed by atoms with Crippen molar-refractivity contribution in [3.63, 3.8) is 0 Å². The van der Waals surface area contributed by atoms with Crippen LogP contribution < -0.4 is 10.4 Å². The molecule has 1 aromatic heterocycles. The van der Waals surface area contributed by atoms with Crippen LogP contribution in [0.25, 0.3) is 11.0 Å². The Morgan fingerprint density at radius 2 is 1.86 bits per heavy atom. The molecule has 0 unspecified atom stereocenters. The van der Waals surface area contributed by atoms with E-state index in [2.05, 4.69) is 0 Å². The fourth-order valence-electron chi connectivity index (χ4n) is 2.47. The van der Waals surface area contributed by atoms with Crippen molar-refractivity contribution in [3.05, 3.63) is 75.6 Å². The molecule has 0 bridgehead atoms. The van der Waals surface area contributed by atoms with Gasteiger partial charge in [-0.25, -0.2) is 4.79 Å². The topological polar surface area (TPSA) is 39.4 Å². The van der Waals surface area contributed by atoms with Gasteiger partial charge in [0.25, 0.3) is 0 Å². The molecular weight excluding hydrogens is 264 g/mol. The summed E-state index contributed by atoms with van der Waals surface area (Å²) in [5, 5.41) is 0.827. The van der Waals surface area contributed by atoms with E-state index in [0.717, 1.165) is 22.3 Å². The van der Waals surface area contributed by atoms with Crippen molar-refractivity contribution >= 4 is 11.0 Å². The van der Waals surface area contributed by atoms with Crippen LogP contribution in [0, 0.1) is 6.92 Å². The molecule has 0 N–H and O–H groups in total. The lowest BCUT2D eigenvalue weighted by Crippen LogP contribution is -2.08. The van der Waals surface area contributed by atoms with E-state index in [9.17, 15) is 4.79 Å². The standard InChI is InChI=1S/C18H16O3/c1-12-8-16(20-2)15-11-14(18(19)21-17(15)9-12)10-13-6-4-3-5-7-13/h3-9,11H,10H2,1-2H3. The van der Waals surface area contributed by atoms with Crippen molar-refractivity contribution in [1.82, 2.24) is 0 Å². The smallest absolute Gasteiger partial charge is 0.339 e. The van der Waals surface area contributed by atoms with Gasteiger partial charge in [-0.1, -0.05) is 30.3 Å². The van der Waals surface area contributed by atoms with Crippen LogP contribution in [0.2, 0.25) is 0 Å². The Hall–Kier alpha value is -2.55. The summed E-state index contributed by atoms with van der Waals surface area (Å²) < 4.78 is 10.8. The first kappa shape index (κ1) is 13.4. The lowest BCUT2D eigenvalue weighted by atomic mass is 10.0. The van der Waals surface area contributed by atoms with Crippen LogP contribution in [0.5, 0.6) is 5.75 Å². The Labute approximate surface area is 122 Å². The average molecular weight is 280 g/mol. The molecule has 0 amide bonds. The van der Waals surface area contributed by atoms with Gasteiger partial charge in [0.2, 0.25) is 0 Å². The first-order valence-corrected chi connectivity index (χ1v) is 6.82. The van der Waals surface area contributed by atoms with Gasteiger partial charge >= 0.3 is 5.63 Å². The number of benzene rings is 2. The summed E-state index contributed by atoms with van der Waals surface area (Å²) >= 11 is 0. The van der Waals surface area contributed by atoms with E-state index in [0.29, 0.717) is 17.6 Å². The van der Waals surface area contributed by atoms with Crippen LogP contribution in [0.3, 0.4) is 0 Å². The molecule has 0 radical (unpaired) electrons. The van der Waals surface area contributed by atoms with Gasteiger partial charge in [-0.05, 0) is 36.2 Å². The summed E-state index contributed by atoms with van der Waals surface area (Å²) in [6.07, 6.45) is 0.552. The van der Waals surface area contributed by atoms with Gasteiger partial charge in [-0.15, -0.1) is 0 Å². The van der Waals surface area contributed by atoms with Gasteiger partial charge in [-0.3, -0.25) is 0 Å². The van der Waals surface area contributed by atoms with Crippen LogP contribution in [0.1, 0.15) is 16.7 Å². The second-order valence-electron chi connectivity index (χ2n) is 5.10. The summed E-state index contributed by atoms with van der Waals surface area (Å²) in [6.45, 7) is 1.94. The van der Waals surface area contributed by atoms with E-state index in [-0.39, 0.29) is 5.63 Å². The Morgan fingerprint density at radius 3 is 2.57 bits per heavy atom. The number of hydrogen-bond acceptors (Lipinski definition) is 3. The van der Waals surface area contributed by atoms with Crippen molar-refractivity contribution < 1.29 is 9.15 Å². The van der Waals surface area contributed by atoms with Gasteiger partial charge in [0.15, 0.2) is 0 Å². The van der Waals surface area contributed by atoms with E-state index in [1.54, 1.807) is 7.11 Å². The number of fused-ring (bicyclic) bond motifs is 1. The van der Waals surface area contributed by atoms with Crippen LogP contribution >= 0.6 is 0 Å². The SMILES string of the molecule is COc1cc(C)cc2oc(=O)c(Cc3ccccc3)cc12. The fourth-order valence-corrected chi connectivity index (χ4v) is 2.47. The Balaban J connectivity index is 2.14. The summed E-state index contributed by atoms with van der Waals surface area (Å²) in [4.78, 5) is 12.1. The van der Waals surface area contributed by atoms with Gasteiger partial charge < -0.3 is 9.15 Å². The molecule has 3 rings (SSSR count). The Kier molecular flexibility index (Phi) is 3.48. The van der Waals surface area contributed by atoms with Crippen molar-refractivity contribution in [2.45, 2.75) is 13.3 Å². The molecule has 0 saturated carbocycles. The normalized spacial score (nSPS) is 10.8. The second kappa shape index (κ2) is 5.44. The maximum Gasteiger partial charge on any atom is 0.339 e. The minimum atomic E-state index is -0.293. The average Bonchev–Trinajstić information content (AvgIpc) is 2.48. The molecule has 3 nitrogen and oxygen atoms in total. The highest BCUT2D eigenvalue weighted by Crippen LogP contribution is 2.27. The van der Waals surface area contributed by atoms with Gasteiger partial charge in [0.1, 0.15) is 11.3 Å². The van der Waals surface area contributed by atoms with Crippen LogP contribution in [-0.2, 0) is 6.42 Å². The molecule has 0 spiro atoms. The van der Waals surface area contributed by atoms with Crippen LogP contribution in [0.15, 0.2) is 57.7 Å². The predicted molar refractivity (Wildman–Crippen MR) is 83.0 cm³/mol. The molecule has 2 aromatic carbocycles. The molecule has 0 aliphatic heterocycles. The van der Waals surface area contributed by atoms with E-state index >= 15 is 0 Å². The van der Waals surface area contributed by atoms with Crippen molar-refractivity contribution in [2.24, 2.45) is 0 Å². The van der Waals surface area contributed by atoms with Gasteiger partial charge in [0.05, 0.1) is 12.5 Å². The quantitative estimate of drug-likeness (QED) is 0.687. The Morgan fingerprint density at radius 1 is 1.10 bits per heavy atom. The van der Waals surface area contributed by atoms with Crippen molar-refractivity contribution in [2.75, 3.05) is 7.11 Å². The Bertz CT molecular complexity index is 832. The van der Waals surface area contributed by atoms with E-state index < -0.39 is 0 Å². The zero-order valence-corrected chi connectivity index (χ0v) is 12.1. The van der Waals surface area contributed by atoms with Gasteiger partial charge in [0, 0.05) is 12.0 Å². The highest BCUT2D eigenvalue weighted by Gasteiger charge is 2.10. The molecular formula is C18H16O3. The molecule has 1 heterocycles. The minimum absolute atomic E-state index is 0.293. The monoisotopic (exact) mass is 280 g/mol. The van der Waals surface area contributed by atoms with Crippen molar-refractivity contribution in [3.8, 4) is 5.75 Å². The molecule has 0 saturated heterocycles. The fraction of sp³-hybridized carbons (Fsp3) is 0.167. The highest BCUT2D eigenvalue weighted by atomic mass is 16.5. The van der Waals surface area contributed by atoms with E-state index in [1.807, 2.05) is 55.5 Å². The maximum absolute atomic E-state index is 12.1. The summed E-state index contributed by atoms with van der Waals surface area (Å²) in [6, 6.07) is 15.5. The van der Waals surface area contributed by atoms with Crippen LogP contribution in [0.4, 0.5) is 0 Å². The first-order valence-electron chi connectivity index (χ1n) is 6.82. The highest BCUT2D eigenvalue weighted by molar-refractivity contribution is 5.84. The molecule has 0 aliphatic carbocycles. The summed E-state index contributed by atoms with van der Waals surface area (Å²) in [7, 11) is 1.62. The number of ether oxygens (including phenoxy) is 1. The third kappa shape index (κ3) is 2.68. The molecule has 0 fully saturated rings. The third-order valence-corrected chi connectivity index (χ3v) is 3.49.